The van der Waals surface area contributed by atoms with Crippen molar-refractivity contribution in [1.29, 1.82) is 0 Å². The summed E-state index contributed by atoms with van der Waals surface area (Å²) in [6.07, 6.45) is 1.44. The Morgan fingerprint density at radius 2 is 1.23 bits per heavy atom. The number of aromatic hydroxyl groups is 1. The van der Waals surface area contributed by atoms with Crippen LogP contribution >= 0.6 is 22.6 Å². The Bertz CT molecular complexity index is 1110. The zero-order valence-corrected chi connectivity index (χ0v) is 17.7. The van der Waals surface area contributed by atoms with Gasteiger partial charge in [-0.15, -0.1) is 0 Å². The van der Waals surface area contributed by atoms with Crippen LogP contribution in [0.3, 0.4) is 0 Å². The molecule has 1 aliphatic rings. The predicted octanol–water partition coefficient (Wildman–Crippen LogP) is 4.58. The third kappa shape index (κ3) is 3.59. The number of amides is 4. The summed E-state index contributed by atoms with van der Waals surface area (Å²) >= 11 is 1.96. The SMILES string of the molecule is O=C1C(=Cc2ccc(O)c(I)c2)C(=O)N(c2ccccc2)C(=O)N1c1ccccc1. The fourth-order valence-electron chi connectivity index (χ4n) is 3.12. The van der Waals surface area contributed by atoms with E-state index in [4.69, 9.17) is 0 Å². The third-order valence-corrected chi connectivity index (χ3v) is 5.43. The van der Waals surface area contributed by atoms with Crippen molar-refractivity contribution in [2.24, 2.45) is 0 Å². The lowest BCUT2D eigenvalue weighted by molar-refractivity contribution is -0.121. The van der Waals surface area contributed by atoms with E-state index in [2.05, 4.69) is 0 Å². The minimum atomic E-state index is -0.736. The summed E-state index contributed by atoms with van der Waals surface area (Å²) in [6, 6.07) is 20.9. The fourth-order valence-corrected chi connectivity index (χ4v) is 3.66. The first-order chi connectivity index (χ1) is 14.5. The van der Waals surface area contributed by atoms with E-state index >= 15 is 0 Å². The number of nitrogens with zero attached hydrogens (tertiary/aromatic N) is 2. The number of rotatable bonds is 3. The Morgan fingerprint density at radius 1 is 0.733 bits per heavy atom. The number of para-hydroxylation sites is 2. The summed E-state index contributed by atoms with van der Waals surface area (Å²) in [5.74, 6) is -1.30. The minimum Gasteiger partial charge on any atom is -0.507 e. The molecule has 30 heavy (non-hydrogen) atoms. The number of benzene rings is 3. The van der Waals surface area contributed by atoms with E-state index in [1.165, 1.54) is 12.1 Å². The second-order valence-electron chi connectivity index (χ2n) is 6.50. The second-order valence-corrected chi connectivity index (χ2v) is 7.67. The first-order valence-corrected chi connectivity index (χ1v) is 10.1. The molecule has 7 heteroatoms. The van der Waals surface area contributed by atoms with Crippen molar-refractivity contribution in [3.63, 3.8) is 0 Å². The lowest BCUT2D eigenvalue weighted by Crippen LogP contribution is -2.57. The number of imide groups is 2. The van der Waals surface area contributed by atoms with Crippen LogP contribution < -0.4 is 9.80 Å². The molecule has 1 heterocycles. The fraction of sp³-hybridized carbons (Fsp3) is 0. The number of hydrogen-bond acceptors (Lipinski definition) is 4. The van der Waals surface area contributed by atoms with Crippen molar-refractivity contribution in [3.05, 3.63) is 93.6 Å². The average Bonchev–Trinajstić information content (AvgIpc) is 2.75. The lowest BCUT2D eigenvalue weighted by atomic mass is 10.0. The van der Waals surface area contributed by atoms with Crippen molar-refractivity contribution < 1.29 is 19.5 Å². The van der Waals surface area contributed by atoms with Gasteiger partial charge in [-0.05, 0) is 70.6 Å². The molecule has 0 radical (unpaired) electrons. The minimum absolute atomic E-state index is 0.103. The van der Waals surface area contributed by atoms with Crippen LogP contribution in [0.25, 0.3) is 6.08 Å². The van der Waals surface area contributed by atoms with E-state index in [1.54, 1.807) is 72.8 Å². The Labute approximate surface area is 186 Å². The molecule has 1 fully saturated rings. The molecule has 0 saturated carbocycles. The van der Waals surface area contributed by atoms with Gasteiger partial charge in [0.05, 0.1) is 14.9 Å². The van der Waals surface area contributed by atoms with Crippen molar-refractivity contribution in [3.8, 4) is 5.75 Å². The van der Waals surface area contributed by atoms with Crippen molar-refractivity contribution >= 4 is 57.9 Å². The molecule has 0 spiro atoms. The van der Waals surface area contributed by atoms with Gasteiger partial charge in [-0.25, -0.2) is 14.6 Å². The van der Waals surface area contributed by atoms with Gasteiger partial charge < -0.3 is 5.11 Å². The summed E-state index contributed by atoms with van der Waals surface area (Å²) in [4.78, 5) is 41.6. The van der Waals surface area contributed by atoms with Crippen LogP contribution in [0, 0.1) is 3.57 Å². The van der Waals surface area contributed by atoms with Gasteiger partial charge in [-0.1, -0.05) is 42.5 Å². The van der Waals surface area contributed by atoms with E-state index in [0.717, 1.165) is 9.80 Å². The molecule has 0 atom stereocenters. The molecule has 1 aliphatic heterocycles. The molecule has 1 saturated heterocycles. The normalized spacial score (nSPS) is 14.3. The number of hydrogen-bond donors (Lipinski definition) is 1. The van der Waals surface area contributed by atoms with Crippen LogP contribution in [-0.2, 0) is 9.59 Å². The number of phenols is 1. The van der Waals surface area contributed by atoms with Crippen LogP contribution in [0.5, 0.6) is 5.75 Å². The number of urea groups is 1. The molecule has 3 aromatic carbocycles. The van der Waals surface area contributed by atoms with Crippen molar-refractivity contribution in [2.75, 3.05) is 9.80 Å². The molecule has 3 aromatic rings. The molecular weight excluding hydrogens is 495 g/mol. The summed E-state index contributed by atoms with van der Waals surface area (Å²) in [6.45, 7) is 0. The van der Waals surface area contributed by atoms with E-state index < -0.39 is 17.8 Å². The highest BCUT2D eigenvalue weighted by atomic mass is 127. The Balaban J connectivity index is 1.87. The highest BCUT2D eigenvalue weighted by Crippen LogP contribution is 2.30. The monoisotopic (exact) mass is 510 g/mol. The molecule has 1 N–H and O–H groups in total. The maximum absolute atomic E-state index is 13.2. The van der Waals surface area contributed by atoms with Crippen LogP contribution in [0.2, 0.25) is 0 Å². The third-order valence-electron chi connectivity index (χ3n) is 4.56. The highest BCUT2D eigenvalue weighted by molar-refractivity contribution is 14.1. The molecule has 0 bridgehead atoms. The van der Waals surface area contributed by atoms with Crippen LogP contribution in [0.4, 0.5) is 16.2 Å². The molecular formula is C23H15IN2O4. The molecule has 0 aliphatic carbocycles. The summed E-state index contributed by atoms with van der Waals surface area (Å²) < 4.78 is 0.577. The quantitative estimate of drug-likeness (QED) is 0.318. The Morgan fingerprint density at radius 3 is 1.70 bits per heavy atom. The zero-order valence-electron chi connectivity index (χ0n) is 15.5. The largest absolute Gasteiger partial charge is 0.507 e. The van der Waals surface area contributed by atoms with Crippen molar-refractivity contribution in [1.82, 2.24) is 0 Å². The van der Waals surface area contributed by atoms with E-state index in [0.29, 0.717) is 20.5 Å². The molecule has 6 nitrogen and oxygen atoms in total. The van der Waals surface area contributed by atoms with Gasteiger partial charge in [-0.2, -0.15) is 0 Å². The van der Waals surface area contributed by atoms with Crippen molar-refractivity contribution in [2.45, 2.75) is 0 Å². The Kier molecular flexibility index (Phi) is 5.37. The van der Waals surface area contributed by atoms with Gasteiger partial charge in [0.1, 0.15) is 11.3 Å². The smallest absolute Gasteiger partial charge is 0.343 e. The molecule has 0 aromatic heterocycles. The average molecular weight is 510 g/mol. The van der Waals surface area contributed by atoms with E-state index in [1.807, 2.05) is 22.6 Å². The summed E-state index contributed by atoms with van der Waals surface area (Å²) in [5.41, 5.74) is 1.15. The highest BCUT2D eigenvalue weighted by Gasteiger charge is 2.43. The number of phenolic OH excluding ortho intramolecular Hbond substituents is 1. The standard InChI is InChI=1S/C23H15IN2O4/c24-19-14-15(11-12-20(19)27)13-18-21(28)25(16-7-3-1-4-8-16)23(30)26(22(18)29)17-9-5-2-6-10-17/h1-14,27H. The van der Waals surface area contributed by atoms with E-state index in [9.17, 15) is 19.5 Å². The maximum Gasteiger partial charge on any atom is 0.343 e. The molecule has 148 valence electrons. The first kappa shape index (κ1) is 19.8. The number of anilines is 2. The number of carbonyl (C=O) groups excluding carboxylic acids is 3. The van der Waals surface area contributed by atoms with Gasteiger partial charge in [0.25, 0.3) is 11.8 Å². The summed E-state index contributed by atoms with van der Waals surface area (Å²) in [5, 5.41) is 9.75. The number of carbonyl (C=O) groups is 3. The number of halogens is 1. The second kappa shape index (κ2) is 8.11. The predicted molar refractivity (Wildman–Crippen MR) is 122 cm³/mol. The van der Waals surface area contributed by atoms with Gasteiger partial charge >= 0.3 is 6.03 Å². The van der Waals surface area contributed by atoms with E-state index in [-0.39, 0.29) is 11.3 Å². The molecule has 4 rings (SSSR count). The van der Waals surface area contributed by atoms with Crippen LogP contribution in [0.1, 0.15) is 5.56 Å². The summed E-state index contributed by atoms with van der Waals surface area (Å²) in [7, 11) is 0. The zero-order chi connectivity index (χ0) is 21.3. The molecule has 0 unspecified atom stereocenters. The topological polar surface area (TPSA) is 77.9 Å². The van der Waals surface area contributed by atoms with Crippen LogP contribution in [-0.4, -0.2) is 23.0 Å². The lowest BCUT2D eigenvalue weighted by Gasteiger charge is -2.33. The van der Waals surface area contributed by atoms with Gasteiger partial charge in [0, 0.05) is 0 Å². The van der Waals surface area contributed by atoms with Crippen LogP contribution in [0.15, 0.2) is 84.4 Å². The molecule has 4 amide bonds. The number of barbiturate groups is 1. The first-order valence-electron chi connectivity index (χ1n) is 9.00. The maximum atomic E-state index is 13.2. The van der Waals surface area contributed by atoms with Gasteiger partial charge in [0.2, 0.25) is 0 Å². The van der Waals surface area contributed by atoms with Gasteiger partial charge in [0.15, 0.2) is 0 Å². The Hall–Kier alpha value is -3.46. The van der Waals surface area contributed by atoms with Gasteiger partial charge in [-0.3, -0.25) is 9.59 Å².